The van der Waals surface area contributed by atoms with Crippen molar-refractivity contribution in [2.24, 2.45) is 0 Å². The van der Waals surface area contributed by atoms with Crippen molar-refractivity contribution in [2.45, 2.75) is 19.6 Å². The molecule has 1 saturated heterocycles. The van der Waals surface area contributed by atoms with Crippen molar-refractivity contribution in [3.05, 3.63) is 30.5 Å². The van der Waals surface area contributed by atoms with Gasteiger partial charge in [-0.3, -0.25) is 4.98 Å². The fraction of sp³-hybridized carbons (Fsp3) is 0.375. The van der Waals surface area contributed by atoms with E-state index in [0.29, 0.717) is 30.8 Å². The van der Waals surface area contributed by atoms with Crippen LogP contribution in [0.15, 0.2) is 30.5 Å². The smallest absolute Gasteiger partial charge is 0.387 e. The monoisotopic (exact) mass is 337 g/mol. The first-order chi connectivity index (χ1) is 11.5. The van der Waals surface area contributed by atoms with Gasteiger partial charge in [-0.15, -0.1) is 0 Å². The molecule has 24 heavy (non-hydrogen) atoms. The second-order valence-corrected chi connectivity index (χ2v) is 5.45. The molecule has 1 aliphatic heterocycles. The molecule has 2 amide bonds. The fourth-order valence-corrected chi connectivity index (χ4v) is 2.64. The summed E-state index contributed by atoms with van der Waals surface area (Å²) in [6.45, 7) is 0.436. The summed E-state index contributed by atoms with van der Waals surface area (Å²) in [6, 6.07) is 6.00. The number of carbonyl (C=O) groups is 1. The lowest BCUT2D eigenvalue weighted by molar-refractivity contribution is -0.0489. The number of anilines is 1. The van der Waals surface area contributed by atoms with Crippen LogP contribution in [0.25, 0.3) is 10.9 Å². The van der Waals surface area contributed by atoms with Crippen molar-refractivity contribution in [3.63, 3.8) is 0 Å². The molecule has 1 aromatic heterocycles. The molecule has 1 N–H and O–H groups in total. The quantitative estimate of drug-likeness (QED) is 0.935. The molecule has 128 valence electrons. The summed E-state index contributed by atoms with van der Waals surface area (Å²) in [6.07, 6.45) is 1.46. The molecule has 1 aliphatic rings. The van der Waals surface area contributed by atoms with Gasteiger partial charge in [0, 0.05) is 24.7 Å². The second-order valence-electron chi connectivity index (χ2n) is 5.45. The zero-order valence-electron chi connectivity index (χ0n) is 13.0. The summed E-state index contributed by atoms with van der Waals surface area (Å²) in [5, 5.41) is 3.34. The van der Waals surface area contributed by atoms with Gasteiger partial charge in [0.25, 0.3) is 0 Å². The van der Waals surface area contributed by atoms with Crippen LogP contribution >= 0.6 is 0 Å². The maximum absolute atomic E-state index is 12.5. The van der Waals surface area contributed by atoms with Crippen molar-refractivity contribution in [3.8, 4) is 5.75 Å². The van der Waals surface area contributed by atoms with Crippen molar-refractivity contribution in [1.29, 1.82) is 0 Å². The molecular weight excluding hydrogens is 320 g/mol. The normalized spacial score (nSPS) is 18.0. The number of nitrogens with one attached hydrogen (secondary N) is 1. The van der Waals surface area contributed by atoms with Gasteiger partial charge in [-0.1, -0.05) is 0 Å². The van der Waals surface area contributed by atoms with Crippen LogP contribution in [0.2, 0.25) is 0 Å². The zero-order chi connectivity index (χ0) is 17.1. The highest BCUT2D eigenvalue weighted by Gasteiger charge is 2.22. The van der Waals surface area contributed by atoms with Gasteiger partial charge in [0.05, 0.1) is 18.4 Å². The van der Waals surface area contributed by atoms with Crippen molar-refractivity contribution < 1.29 is 23.0 Å². The highest BCUT2D eigenvalue weighted by molar-refractivity contribution is 6.02. The Hall–Kier alpha value is -2.48. The van der Waals surface area contributed by atoms with E-state index in [0.717, 1.165) is 0 Å². The third kappa shape index (κ3) is 3.53. The number of nitrogens with zero attached hydrogens (tertiary/aromatic N) is 2. The van der Waals surface area contributed by atoms with E-state index in [1.807, 2.05) is 6.92 Å². The van der Waals surface area contributed by atoms with E-state index < -0.39 is 6.61 Å². The van der Waals surface area contributed by atoms with Crippen LogP contribution in [0.4, 0.5) is 19.3 Å². The first kappa shape index (κ1) is 16.4. The summed E-state index contributed by atoms with van der Waals surface area (Å²) >= 11 is 0. The van der Waals surface area contributed by atoms with Crippen molar-refractivity contribution in [2.75, 3.05) is 25.0 Å². The Bertz CT molecular complexity index is 742. The van der Waals surface area contributed by atoms with Gasteiger partial charge in [0.1, 0.15) is 5.52 Å². The Labute approximate surface area is 137 Å². The number of amides is 2. The Morgan fingerprint density at radius 3 is 3.04 bits per heavy atom. The van der Waals surface area contributed by atoms with Gasteiger partial charge < -0.3 is 19.7 Å². The van der Waals surface area contributed by atoms with Gasteiger partial charge in [-0.25, -0.2) is 4.79 Å². The molecule has 3 rings (SSSR count). The lowest BCUT2D eigenvalue weighted by Gasteiger charge is -2.31. The summed E-state index contributed by atoms with van der Waals surface area (Å²) in [5.74, 6) is -0.0291. The zero-order valence-corrected chi connectivity index (χ0v) is 13.0. The minimum Gasteiger partial charge on any atom is -0.432 e. The van der Waals surface area contributed by atoms with E-state index in [1.165, 1.54) is 18.3 Å². The maximum Gasteiger partial charge on any atom is 0.387 e. The van der Waals surface area contributed by atoms with Crippen LogP contribution in [0.1, 0.15) is 6.92 Å². The summed E-state index contributed by atoms with van der Waals surface area (Å²) < 4.78 is 34.9. The minimum atomic E-state index is -2.94. The SMILES string of the molecule is C[C@H]1CN(C(=O)Nc2ccc(OC(F)F)c3ncccc23)CCO1. The highest BCUT2D eigenvalue weighted by Crippen LogP contribution is 2.31. The molecule has 1 fully saturated rings. The summed E-state index contributed by atoms with van der Waals surface area (Å²) in [5.41, 5.74) is 0.759. The molecule has 2 heterocycles. The lowest BCUT2D eigenvalue weighted by Crippen LogP contribution is -2.46. The summed E-state index contributed by atoms with van der Waals surface area (Å²) in [7, 11) is 0. The van der Waals surface area contributed by atoms with Crippen molar-refractivity contribution >= 4 is 22.6 Å². The molecule has 0 spiro atoms. The topological polar surface area (TPSA) is 63.7 Å². The largest absolute Gasteiger partial charge is 0.432 e. The first-order valence-corrected chi connectivity index (χ1v) is 7.54. The number of carbonyl (C=O) groups excluding carboxylic acids is 1. The fourth-order valence-electron chi connectivity index (χ4n) is 2.64. The number of urea groups is 1. The molecular formula is C16H17F2N3O3. The molecule has 0 bridgehead atoms. The average Bonchev–Trinajstić information content (AvgIpc) is 2.56. The van der Waals surface area contributed by atoms with Gasteiger partial charge >= 0.3 is 12.6 Å². The Morgan fingerprint density at radius 1 is 1.46 bits per heavy atom. The van der Waals surface area contributed by atoms with E-state index in [2.05, 4.69) is 15.0 Å². The number of alkyl halides is 2. The number of morpholine rings is 1. The van der Waals surface area contributed by atoms with E-state index >= 15 is 0 Å². The molecule has 1 atom stereocenters. The van der Waals surface area contributed by atoms with E-state index in [4.69, 9.17) is 4.74 Å². The van der Waals surface area contributed by atoms with Crippen LogP contribution in [-0.4, -0.2) is 48.3 Å². The number of hydrogen-bond donors (Lipinski definition) is 1. The van der Waals surface area contributed by atoms with Gasteiger partial charge in [-0.05, 0) is 31.2 Å². The van der Waals surface area contributed by atoms with Gasteiger partial charge in [0.15, 0.2) is 5.75 Å². The number of benzene rings is 1. The molecule has 2 aromatic rings. The third-order valence-electron chi connectivity index (χ3n) is 3.72. The van der Waals surface area contributed by atoms with Crippen LogP contribution < -0.4 is 10.1 Å². The maximum atomic E-state index is 12.5. The van der Waals surface area contributed by atoms with Crippen LogP contribution in [0.3, 0.4) is 0 Å². The van der Waals surface area contributed by atoms with Crippen molar-refractivity contribution in [1.82, 2.24) is 9.88 Å². The second kappa shape index (κ2) is 6.96. The molecule has 0 saturated carbocycles. The predicted octanol–water partition coefficient (Wildman–Crippen LogP) is 3.09. The molecule has 8 heteroatoms. The Morgan fingerprint density at radius 2 is 2.29 bits per heavy atom. The number of pyridine rings is 1. The number of ether oxygens (including phenoxy) is 2. The Kier molecular flexibility index (Phi) is 4.75. The molecule has 0 aliphatic carbocycles. The average molecular weight is 337 g/mol. The number of hydrogen-bond acceptors (Lipinski definition) is 4. The van der Waals surface area contributed by atoms with Gasteiger partial charge in [0.2, 0.25) is 0 Å². The number of rotatable bonds is 3. The summed E-state index contributed by atoms with van der Waals surface area (Å²) in [4.78, 5) is 18.1. The highest BCUT2D eigenvalue weighted by atomic mass is 19.3. The number of halogens is 2. The van der Waals surface area contributed by atoms with Crippen LogP contribution in [-0.2, 0) is 4.74 Å². The van der Waals surface area contributed by atoms with Gasteiger partial charge in [-0.2, -0.15) is 8.78 Å². The first-order valence-electron chi connectivity index (χ1n) is 7.54. The Balaban J connectivity index is 1.86. The minimum absolute atomic E-state index is 0.0234. The van der Waals surface area contributed by atoms with E-state index in [1.54, 1.807) is 17.0 Å². The molecule has 0 unspecified atom stereocenters. The third-order valence-corrected chi connectivity index (χ3v) is 3.72. The predicted molar refractivity (Wildman–Crippen MR) is 84.4 cm³/mol. The number of fused-ring (bicyclic) bond motifs is 1. The molecule has 0 radical (unpaired) electrons. The molecule has 1 aromatic carbocycles. The molecule has 6 nitrogen and oxygen atoms in total. The number of aromatic nitrogens is 1. The lowest BCUT2D eigenvalue weighted by atomic mass is 10.1. The van der Waals surface area contributed by atoms with E-state index in [-0.39, 0.29) is 23.4 Å². The van der Waals surface area contributed by atoms with Crippen LogP contribution in [0, 0.1) is 0 Å². The standard InChI is InChI=1S/C16H17F2N3O3/c1-10-9-21(7-8-23-10)16(22)20-12-4-5-13(24-15(17)18)14-11(12)3-2-6-19-14/h2-6,10,15H,7-9H2,1H3,(H,20,22)/t10-/m0/s1. The van der Waals surface area contributed by atoms with E-state index in [9.17, 15) is 13.6 Å². The van der Waals surface area contributed by atoms with Crippen LogP contribution in [0.5, 0.6) is 5.75 Å².